The third kappa shape index (κ3) is 3.70. The highest BCUT2D eigenvalue weighted by atomic mass is 16.5. The third-order valence-corrected chi connectivity index (χ3v) is 3.76. The van der Waals surface area contributed by atoms with Gasteiger partial charge in [0.05, 0.1) is 12.8 Å². The molecule has 2 aromatic carbocycles. The summed E-state index contributed by atoms with van der Waals surface area (Å²) in [6, 6.07) is 17.1. The van der Waals surface area contributed by atoms with Gasteiger partial charge in [-0.15, -0.1) is 0 Å². The molecule has 0 fully saturated rings. The summed E-state index contributed by atoms with van der Waals surface area (Å²) in [5.41, 5.74) is 3.22. The van der Waals surface area contributed by atoms with E-state index in [1.807, 2.05) is 54.6 Å². The van der Waals surface area contributed by atoms with Gasteiger partial charge in [0, 0.05) is 12.1 Å². The summed E-state index contributed by atoms with van der Waals surface area (Å²) in [5, 5.41) is 15.7. The molecule has 0 atom stereocenters. The molecule has 5 nitrogen and oxygen atoms in total. The Morgan fingerprint density at radius 3 is 2.46 bits per heavy atom. The molecule has 0 spiro atoms. The van der Waals surface area contributed by atoms with Crippen LogP contribution in [0.4, 0.5) is 0 Å². The van der Waals surface area contributed by atoms with Crippen molar-refractivity contribution in [3.8, 4) is 11.3 Å². The van der Waals surface area contributed by atoms with Gasteiger partial charge in [0.15, 0.2) is 5.76 Å². The van der Waals surface area contributed by atoms with Gasteiger partial charge in [-0.25, -0.2) is 0 Å². The van der Waals surface area contributed by atoms with Crippen LogP contribution < -0.4 is 5.32 Å². The molecular weight excluding hydrogens is 304 g/mol. The number of aliphatic hydroxyl groups is 1. The van der Waals surface area contributed by atoms with E-state index in [0.29, 0.717) is 24.3 Å². The standard InChI is InChI=1S/C19H18N2O3/c22-13-15-8-6-14(7-9-15)10-11-20-19(23)17-12-21-24-18(17)16-4-2-1-3-5-16/h1-9,12,22H,10-11,13H2,(H,20,23). The smallest absolute Gasteiger partial charge is 0.256 e. The maximum Gasteiger partial charge on any atom is 0.256 e. The second-order valence-electron chi connectivity index (χ2n) is 5.42. The van der Waals surface area contributed by atoms with Gasteiger partial charge in [0.1, 0.15) is 5.56 Å². The van der Waals surface area contributed by atoms with Gasteiger partial charge in [0.2, 0.25) is 0 Å². The van der Waals surface area contributed by atoms with Crippen LogP contribution in [0.25, 0.3) is 11.3 Å². The molecule has 1 heterocycles. The highest BCUT2D eigenvalue weighted by Gasteiger charge is 2.17. The van der Waals surface area contributed by atoms with E-state index in [4.69, 9.17) is 9.63 Å². The average molecular weight is 322 g/mol. The van der Waals surface area contributed by atoms with Gasteiger partial charge in [-0.3, -0.25) is 4.79 Å². The fourth-order valence-corrected chi connectivity index (χ4v) is 2.43. The molecule has 1 amide bonds. The molecule has 0 saturated carbocycles. The molecule has 24 heavy (non-hydrogen) atoms. The number of carbonyl (C=O) groups is 1. The first-order valence-corrected chi connectivity index (χ1v) is 7.75. The van der Waals surface area contributed by atoms with Crippen LogP contribution in [0.15, 0.2) is 65.3 Å². The topological polar surface area (TPSA) is 75.4 Å². The highest BCUT2D eigenvalue weighted by Crippen LogP contribution is 2.22. The zero-order chi connectivity index (χ0) is 16.8. The Balaban J connectivity index is 1.61. The quantitative estimate of drug-likeness (QED) is 0.732. The van der Waals surface area contributed by atoms with Gasteiger partial charge in [0.25, 0.3) is 5.91 Å². The molecule has 3 aromatic rings. The summed E-state index contributed by atoms with van der Waals surface area (Å²) < 4.78 is 5.23. The maximum atomic E-state index is 12.3. The monoisotopic (exact) mass is 322 g/mol. The van der Waals surface area contributed by atoms with E-state index in [9.17, 15) is 4.79 Å². The molecule has 0 radical (unpaired) electrons. The zero-order valence-electron chi connectivity index (χ0n) is 13.1. The van der Waals surface area contributed by atoms with Gasteiger partial charge in [-0.1, -0.05) is 59.8 Å². The first-order chi connectivity index (χ1) is 11.8. The molecule has 0 unspecified atom stereocenters. The lowest BCUT2D eigenvalue weighted by atomic mass is 10.1. The minimum absolute atomic E-state index is 0.0345. The maximum absolute atomic E-state index is 12.3. The Morgan fingerprint density at radius 1 is 1.04 bits per heavy atom. The molecule has 5 heteroatoms. The van der Waals surface area contributed by atoms with Crippen molar-refractivity contribution in [1.82, 2.24) is 10.5 Å². The van der Waals surface area contributed by atoms with Gasteiger partial charge in [-0.2, -0.15) is 0 Å². The highest BCUT2D eigenvalue weighted by molar-refractivity contribution is 5.99. The van der Waals surface area contributed by atoms with Crippen molar-refractivity contribution in [2.24, 2.45) is 0 Å². The lowest BCUT2D eigenvalue weighted by Gasteiger charge is -2.06. The second kappa shape index (κ2) is 7.57. The second-order valence-corrected chi connectivity index (χ2v) is 5.42. The Bertz CT molecular complexity index is 795. The van der Waals surface area contributed by atoms with Gasteiger partial charge in [-0.05, 0) is 17.5 Å². The summed E-state index contributed by atoms with van der Waals surface area (Å²) in [5.74, 6) is 0.266. The minimum atomic E-state index is -0.206. The Kier molecular flexibility index (Phi) is 5.03. The molecule has 0 aliphatic carbocycles. The number of aromatic nitrogens is 1. The first-order valence-electron chi connectivity index (χ1n) is 7.75. The number of hydrogen-bond acceptors (Lipinski definition) is 4. The number of rotatable bonds is 6. The number of amides is 1. The van der Waals surface area contributed by atoms with E-state index in [2.05, 4.69) is 10.5 Å². The Hall–Kier alpha value is -2.92. The largest absolute Gasteiger partial charge is 0.392 e. The van der Waals surface area contributed by atoms with Gasteiger partial charge >= 0.3 is 0 Å². The number of aliphatic hydroxyl groups excluding tert-OH is 1. The normalized spacial score (nSPS) is 10.5. The van der Waals surface area contributed by atoms with Crippen molar-refractivity contribution in [2.45, 2.75) is 13.0 Å². The number of hydrogen-bond donors (Lipinski definition) is 2. The van der Waals surface area contributed by atoms with Crippen LogP contribution in [0.2, 0.25) is 0 Å². The molecule has 0 bridgehead atoms. The van der Waals surface area contributed by atoms with Crippen LogP contribution in [0, 0.1) is 0 Å². The van der Waals surface area contributed by atoms with Crippen LogP contribution in [-0.2, 0) is 13.0 Å². The average Bonchev–Trinajstić information content (AvgIpc) is 3.13. The summed E-state index contributed by atoms with van der Waals surface area (Å²) in [6.45, 7) is 0.545. The minimum Gasteiger partial charge on any atom is -0.392 e. The molecule has 3 rings (SSSR count). The molecule has 2 N–H and O–H groups in total. The Morgan fingerprint density at radius 2 is 1.75 bits per heavy atom. The number of benzene rings is 2. The fourth-order valence-electron chi connectivity index (χ4n) is 2.43. The predicted octanol–water partition coefficient (Wildman–Crippen LogP) is 2.81. The van der Waals surface area contributed by atoms with Crippen molar-refractivity contribution in [3.63, 3.8) is 0 Å². The number of nitrogens with zero attached hydrogens (tertiary/aromatic N) is 1. The van der Waals surface area contributed by atoms with Crippen molar-refractivity contribution in [3.05, 3.63) is 77.5 Å². The molecule has 0 aliphatic heterocycles. The van der Waals surface area contributed by atoms with Crippen molar-refractivity contribution < 1.29 is 14.4 Å². The first kappa shape index (κ1) is 16.0. The van der Waals surface area contributed by atoms with E-state index in [1.165, 1.54) is 6.20 Å². The van der Waals surface area contributed by atoms with Crippen LogP contribution in [0.5, 0.6) is 0 Å². The predicted molar refractivity (Wildman–Crippen MR) is 90.3 cm³/mol. The lowest BCUT2D eigenvalue weighted by molar-refractivity contribution is 0.0954. The van der Waals surface area contributed by atoms with Crippen LogP contribution >= 0.6 is 0 Å². The molecule has 0 saturated heterocycles. The van der Waals surface area contributed by atoms with E-state index < -0.39 is 0 Å². The van der Waals surface area contributed by atoms with Crippen LogP contribution in [0.3, 0.4) is 0 Å². The summed E-state index contributed by atoms with van der Waals surface area (Å²) in [6.07, 6.45) is 2.15. The summed E-state index contributed by atoms with van der Waals surface area (Å²) in [7, 11) is 0. The molecule has 1 aromatic heterocycles. The van der Waals surface area contributed by atoms with Crippen molar-refractivity contribution >= 4 is 5.91 Å². The van der Waals surface area contributed by atoms with Crippen LogP contribution in [0.1, 0.15) is 21.5 Å². The SMILES string of the molecule is O=C(NCCc1ccc(CO)cc1)c1cnoc1-c1ccccc1. The Labute approximate surface area is 139 Å². The van der Waals surface area contributed by atoms with E-state index in [-0.39, 0.29) is 12.5 Å². The third-order valence-electron chi connectivity index (χ3n) is 3.76. The molecular formula is C19H18N2O3. The van der Waals surface area contributed by atoms with Crippen molar-refractivity contribution in [2.75, 3.05) is 6.54 Å². The van der Waals surface area contributed by atoms with E-state index in [0.717, 1.165) is 16.7 Å². The molecule has 0 aliphatic rings. The van der Waals surface area contributed by atoms with Gasteiger partial charge < -0.3 is 14.9 Å². The summed E-state index contributed by atoms with van der Waals surface area (Å²) >= 11 is 0. The number of carbonyl (C=O) groups excluding carboxylic acids is 1. The van der Waals surface area contributed by atoms with Crippen LogP contribution in [-0.4, -0.2) is 22.7 Å². The zero-order valence-corrected chi connectivity index (χ0v) is 13.1. The van der Waals surface area contributed by atoms with Crippen molar-refractivity contribution in [1.29, 1.82) is 0 Å². The summed E-state index contributed by atoms with van der Waals surface area (Å²) in [4.78, 5) is 12.3. The van der Waals surface area contributed by atoms with E-state index >= 15 is 0 Å². The molecule has 122 valence electrons. The lowest BCUT2D eigenvalue weighted by Crippen LogP contribution is -2.25. The number of nitrogens with one attached hydrogen (secondary N) is 1. The fraction of sp³-hybridized carbons (Fsp3) is 0.158. The van der Waals surface area contributed by atoms with E-state index in [1.54, 1.807) is 0 Å².